The fourth-order valence-corrected chi connectivity index (χ4v) is 7.36. The zero-order valence-corrected chi connectivity index (χ0v) is 25.0. The van der Waals surface area contributed by atoms with E-state index in [4.69, 9.17) is 15.0 Å². The first-order valence-electron chi connectivity index (χ1n) is 15.5. The number of benzene rings is 4. The van der Waals surface area contributed by atoms with Crippen molar-refractivity contribution in [2.45, 2.75) is 5.41 Å². The smallest absolute Gasteiger partial charge is 0.0915 e. The number of pyridine rings is 3. The van der Waals surface area contributed by atoms with E-state index < -0.39 is 5.41 Å². The van der Waals surface area contributed by atoms with Crippen LogP contribution in [0.5, 0.6) is 0 Å². The molecule has 0 amide bonds. The Labute approximate surface area is 267 Å². The number of para-hydroxylation sites is 1. The van der Waals surface area contributed by atoms with Crippen molar-refractivity contribution in [1.29, 1.82) is 0 Å². The molecule has 0 aliphatic heterocycles. The molecule has 1 aliphatic rings. The van der Waals surface area contributed by atoms with Crippen LogP contribution < -0.4 is 0 Å². The molecule has 0 atom stereocenters. The van der Waals surface area contributed by atoms with Gasteiger partial charge in [-0.05, 0) is 64.7 Å². The van der Waals surface area contributed by atoms with Crippen molar-refractivity contribution in [1.82, 2.24) is 19.5 Å². The largest absolute Gasteiger partial charge is 0.311 e. The molecule has 0 saturated heterocycles. The summed E-state index contributed by atoms with van der Waals surface area (Å²) in [6.07, 6.45) is 3.64. The second kappa shape index (κ2) is 10.5. The van der Waals surface area contributed by atoms with Crippen LogP contribution in [0.2, 0.25) is 0 Å². The van der Waals surface area contributed by atoms with Crippen LogP contribution in [0.15, 0.2) is 170 Å². The van der Waals surface area contributed by atoms with E-state index in [9.17, 15) is 0 Å². The molecule has 0 spiro atoms. The third-order valence-corrected chi connectivity index (χ3v) is 9.17. The second-order valence-corrected chi connectivity index (χ2v) is 11.6. The van der Waals surface area contributed by atoms with Crippen LogP contribution in [-0.2, 0) is 5.41 Å². The summed E-state index contributed by atoms with van der Waals surface area (Å²) in [5.74, 6) is 0. The number of fused-ring (bicyclic) bond motifs is 5. The predicted octanol–water partition coefficient (Wildman–Crippen LogP) is 9.51. The maximum absolute atomic E-state index is 5.11. The average Bonchev–Trinajstić information content (AvgIpc) is 3.64. The van der Waals surface area contributed by atoms with Gasteiger partial charge in [-0.15, -0.1) is 0 Å². The van der Waals surface area contributed by atoms with E-state index >= 15 is 0 Å². The maximum atomic E-state index is 5.11. The lowest BCUT2D eigenvalue weighted by atomic mass is 9.69. The van der Waals surface area contributed by atoms with E-state index in [1.165, 1.54) is 38.9 Å². The van der Waals surface area contributed by atoms with Gasteiger partial charge in [0.2, 0.25) is 0 Å². The number of rotatable bonds is 5. The lowest BCUT2D eigenvalue weighted by Crippen LogP contribution is -2.31. The van der Waals surface area contributed by atoms with Crippen LogP contribution in [0.25, 0.3) is 50.5 Å². The third-order valence-electron chi connectivity index (χ3n) is 9.17. The molecule has 4 aromatic heterocycles. The topological polar surface area (TPSA) is 43.6 Å². The van der Waals surface area contributed by atoms with Gasteiger partial charge in [0, 0.05) is 23.3 Å². The molecule has 46 heavy (non-hydrogen) atoms. The van der Waals surface area contributed by atoms with Crippen molar-refractivity contribution in [2.75, 3.05) is 0 Å². The Morgan fingerprint density at radius 3 is 1.63 bits per heavy atom. The minimum absolute atomic E-state index is 0.576. The second-order valence-electron chi connectivity index (χ2n) is 11.6. The van der Waals surface area contributed by atoms with Gasteiger partial charge in [-0.25, -0.2) is 4.98 Å². The summed E-state index contributed by atoms with van der Waals surface area (Å²) >= 11 is 0. The highest BCUT2D eigenvalue weighted by atomic mass is 15.0. The van der Waals surface area contributed by atoms with Crippen LogP contribution in [0.4, 0.5) is 0 Å². The van der Waals surface area contributed by atoms with Crippen molar-refractivity contribution in [3.63, 3.8) is 0 Å². The Morgan fingerprint density at radius 2 is 1.02 bits per heavy atom. The molecule has 0 fully saturated rings. The quantitative estimate of drug-likeness (QED) is 0.201. The van der Waals surface area contributed by atoms with Crippen LogP contribution in [0.1, 0.15) is 22.4 Å². The standard InChI is InChI=1S/C42H28N4/c1-3-15-29(16-4-1)42(30-17-5-2-6-18-30)34-21-9-7-19-32(34)40-33-20-8-10-24-39(33)46(41(40)42)31-27-37(35-22-11-13-25-43-35)45-38(28-31)36-23-12-14-26-44-36/h1-28H. The van der Waals surface area contributed by atoms with Crippen molar-refractivity contribution in [3.05, 3.63) is 193 Å². The SMILES string of the molecule is c1ccc(C2(c3ccccc3)c3ccccc3-c3c2n(-c2cc(-c4ccccn4)nc(-c4ccccn4)c2)c2ccccc32)cc1. The van der Waals surface area contributed by atoms with Gasteiger partial charge in [-0.1, -0.05) is 115 Å². The van der Waals surface area contributed by atoms with E-state index in [2.05, 4.69) is 126 Å². The Kier molecular flexibility index (Phi) is 6.00. The molecule has 0 N–H and O–H groups in total. The highest BCUT2D eigenvalue weighted by molar-refractivity contribution is 6.05. The monoisotopic (exact) mass is 588 g/mol. The molecule has 9 rings (SSSR count). The Hall–Kier alpha value is -6.13. The zero-order valence-electron chi connectivity index (χ0n) is 25.0. The minimum atomic E-state index is -0.576. The molecular weight excluding hydrogens is 560 g/mol. The maximum Gasteiger partial charge on any atom is 0.0915 e. The van der Waals surface area contributed by atoms with Crippen molar-refractivity contribution < 1.29 is 0 Å². The van der Waals surface area contributed by atoms with Gasteiger partial charge < -0.3 is 4.57 Å². The molecule has 0 unspecified atom stereocenters. The molecule has 0 bridgehead atoms. The first kappa shape index (κ1) is 26.3. The van der Waals surface area contributed by atoms with E-state index in [0.717, 1.165) is 34.0 Å². The minimum Gasteiger partial charge on any atom is -0.311 e. The van der Waals surface area contributed by atoms with Gasteiger partial charge >= 0.3 is 0 Å². The number of nitrogens with zero attached hydrogens (tertiary/aromatic N) is 4. The lowest BCUT2D eigenvalue weighted by molar-refractivity contribution is 0.718. The van der Waals surface area contributed by atoms with Gasteiger partial charge in [0.15, 0.2) is 0 Å². The Bertz CT molecular complexity index is 2250. The number of aromatic nitrogens is 4. The molecule has 216 valence electrons. The van der Waals surface area contributed by atoms with Gasteiger partial charge in [-0.3, -0.25) is 9.97 Å². The highest BCUT2D eigenvalue weighted by Gasteiger charge is 2.49. The molecule has 0 radical (unpaired) electrons. The Morgan fingerprint density at radius 1 is 0.478 bits per heavy atom. The van der Waals surface area contributed by atoms with E-state index in [0.29, 0.717) is 0 Å². The molecule has 8 aromatic rings. The molecule has 4 heteroatoms. The molecule has 0 saturated carbocycles. The first-order valence-corrected chi connectivity index (χ1v) is 15.5. The van der Waals surface area contributed by atoms with Crippen LogP contribution in [0.3, 0.4) is 0 Å². The van der Waals surface area contributed by atoms with Crippen molar-refractivity contribution in [2.24, 2.45) is 0 Å². The summed E-state index contributed by atoms with van der Waals surface area (Å²) < 4.78 is 2.46. The fourth-order valence-electron chi connectivity index (χ4n) is 7.36. The van der Waals surface area contributed by atoms with Crippen molar-refractivity contribution >= 4 is 10.9 Å². The molecular formula is C42H28N4. The summed E-state index contributed by atoms with van der Waals surface area (Å²) in [5, 5.41) is 1.22. The van der Waals surface area contributed by atoms with Crippen LogP contribution in [-0.4, -0.2) is 19.5 Å². The van der Waals surface area contributed by atoms with Gasteiger partial charge in [0.25, 0.3) is 0 Å². The summed E-state index contributed by atoms with van der Waals surface area (Å²) in [6, 6.07) is 55.8. The summed E-state index contributed by atoms with van der Waals surface area (Å²) in [6.45, 7) is 0. The summed E-state index contributed by atoms with van der Waals surface area (Å²) in [5.41, 5.74) is 12.3. The van der Waals surface area contributed by atoms with Gasteiger partial charge in [0.05, 0.1) is 45.1 Å². The van der Waals surface area contributed by atoms with Gasteiger partial charge in [0.1, 0.15) is 0 Å². The fraction of sp³-hybridized carbons (Fsp3) is 0.0238. The molecule has 4 heterocycles. The van der Waals surface area contributed by atoms with E-state index in [-0.39, 0.29) is 0 Å². The van der Waals surface area contributed by atoms with E-state index in [1.807, 2.05) is 48.8 Å². The van der Waals surface area contributed by atoms with Crippen LogP contribution >= 0.6 is 0 Å². The predicted molar refractivity (Wildman–Crippen MR) is 185 cm³/mol. The van der Waals surface area contributed by atoms with Gasteiger partial charge in [-0.2, -0.15) is 0 Å². The Balaban J connectivity index is 1.47. The lowest BCUT2D eigenvalue weighted by Gasteiger charge is -2.35. The van der Waals surface area contributed by atoms with Crippen LogP contribution in [0, 0.1) is 0 Å². The highest BCUT2D eigenvalue weighted by Crippen LogP contribution is 2.59. The molecule has 4 aromatic carbocycles. The average molecular weight is 589 g/mol. The zero-order chi connectivity index (χ0) is 30.5. The summed E-state index contributed by atoms with van der Waals surface area (Å²) in [4.78, 5) is 14.5. The summed E-state index contributed by atoms with van der Waals surface area (Å²) in [7, 11) is 0. The molecule has 4 nitrogen and oxygen atoms in total. The molecule has 1 aliphatic carbocycles. The van der Waals surface area contributed by atoms with Crippen molar-refractivity contribution in [3.8, 4) is 39.6 Å². The van der Waals surface area contributed by atoms with E-state index in [1.54, 1.807) is 0 Å². The number of hydrogen-bond donors (Lipinski definition) is 0. The normalized spacial score (nSPS) is 13.0. The third kappa shape index (κ3) is 3.83. The number of hydrogen-bond acceptors (Lipinski definition) is 3. The first-order chi connectivity index (χ1) is 22.8.